The van der Waals surface area contributed by atoms with Crippen LogP contribution < -0.4 is 4.74 Å². The molecule has 0 aliphatic rings. The van der Waals surface area contributed by atoms with E-state index in [-0.39, 0.29) is 5.56 Å². The molecule has 2 nitrogen and oxygen atoms in total. The molecule has 2 aromatic carbocycles. The van der Waals surface area contributed by atoms with E-state index >= 15 is 0 Å². The van der Waals surface area contributed by atoms with Crippen LogP contribution in [0.1, 0.15) is 30.6 Å². The number of aliphatic hydroxyl groups is 1. The quantitative estimate of drug-likeness (QED) is 0.860. The van der Waals surface area contributed by atoms with Crippen LogP contribution in [-0.4, -0.2) is 11.7 Å². The maximum Gasteiger partial charge on any atom is 0.306 e. The highest BCUT2D eigenvalue weighted by atomic mass is 19.3. The topological polar surface area (TPSA) is 29.5 Å². The first kappa shape index (κ1) is 15.4. The van der Waals surface area contributed by atoms with E-state index in [4.69, 9.17) is 4.74 Å². The normalized spacial score (nSPS) is 13.0. The zero-order valence-electron chi connectivity index (χ0n) is 11.8. The second kappa shape index (κ2) is 6.68. The van der Waals surface area contributed by atoms with Gasteiger partial charge in [0.2, 0.25) is 0 Å². The van der Waals surface area contributed by atoms with E-state index in [9.17, 15) is 13.9 Å². The average molecular weight is 292 g/mol. The first-order valence-electron chi connectivity index (χ1n) is 6.87. The van der Waals surface area contributed by atoms with Crippen molar-refractivity contribution in [3.8, 4) is 5.75 Å². The fourth-order valence-corrected chi connectivity index (χ4v) is 2.04. The SMILES string of the molecule is CCC(O)c1ccccc1OCC(F)(F)c1ccccc1. The third-order valence-corrected chi connectivity index (χ3v) is 3.27. The standard InChI is InChI=1S/C17H18F2O2/c1-2-15(20)14-10-6-7-11-16(14)21-12-17(18,19)13-8-4-3-5-9-13/h3-11,15,20H,2,12H2,1H3. The molecule has 0 aliphatic carbocycles. The summed E-state index contributed by atoms with van der Waals surface area (Å²) in [5, 5.41) is 9.89. The predicted molar refractivity (Wildman–Crippen MR) is 77.5 cm³/mol. The molecule has 21 heavy (non-hydrogen) atoms. The Hall–Kier alpha value is -1.94. The highest BCUT2D eigenvalue weighted by Gasteiger charge is 2.32. The molecule has 0 spiro atoms. The molecular weight excluding hydrogens is 274 g/mol. The Bertz CT molecular complexity index is 570. The molecule has 1 atom stereocenters. The molecule has 1 N–H and O–H groups in total. The zero-order chi connectivity index (χ0) is 15.3. The Morgan fingerprint density at radius 3 is 2.33 bits per heavy atom. The van der Waals surface area contributed by atoms with Gasteiger partial charge in [-0.1, -0.05) is 55.5 Å². The molecule has 112 valence electrons. The number of rotatable bonds is 6. The Morgan fingerprint density at radius 2 is 1.67 bits per heavy atom. The van der Waals surface area contributed by atoms with Crippen molar-refractivity contribution in [1.82, 2.24) is 0 Å². The molecule has 0 fully saturated rings. The van der Waals surface area contributed by atoms with Gasteiger partial charge in [0.15, 0.2) is 6.61 Å². The Kier molecular flexibility index (Phi) is 4.91. The van der Waals surface area contributed by atoms with Gasteiger partial charge in [-0.25, -0.2) is 0 Å². The largest absolute Gasteiger partial charge is 0.487 e. The number of benzene rings is 2. The van der Waals surface area contributed by atoms with E-state index < -0.39 is 18.6 Å². The lowest BCUT2D eigenvalue weighted by Gasteiger charge is -2.20. The van der Waals surface area contributed by atoms with E-state index in [1.807, 2.05) is 6.92 Å². The van der Waals surface area contributed by atoms with Crippen LogP contribution in [0.25, 0.3) is 0 Å². The summed E-state index contributed by atoms with van der Waals surface area (Å²) in [5.41, 5.74) is 0.447. The summed E-state index contributed by atoms with van der Waals surface area (Å²) in [4.78, 5) is 0. The molecule has 0 amide bonds. The smallest absolute Gasteiger partial charge is 0.306 e. The maximum atomic E-state index is 14.1. The first-order chi connectivity index (χ1) is 10.0. The molecular formula is C17H18F2O2. The molecule has 0 saturated carbocycles. The molecule has 0 radical (unpaired) electrons. The summed E-state index contributed by atoms with van der Waals surface area (Å²) in [7, 11) is 0. The number of hydrogen-bond donors (Lipinski definition) is 1. The number of ether oxygens (including phenoxy) is 1. The van der Waals surface area contributed by atoms with Gasteiger partial charge in [0.05, 0.1) is 6.10 Å². The fraction of sp³-hybridized carbons (Fsp3) is 0.294. The molecule has 1 unspecified atom stereocenters. The lowest BCUT2D eigenvalue weighted by molar-refractivity contribution is -0.0474. The minimum Gasteiger partial charge on any atom is -0.487 e. The van der Waals surface area contributed by atoms with Gasteiger partial charge in [-0.05, 0) is 12.5 Å². The number of para-hydroxylation sites is 1. The molecule has 0 aromatic heterocycles. The van der Waals surface area contributed by atoms with Crippen molar-refractivity contribution in [2.24, 2.45) is 0 Å². The number of halogens is 2. The maximum absolute atomic E-state index is 14.1. The highest BCUT2D eigenvalue weighted by molar-refractivity contribution is 5.35. The van der Waals surface area contributed by atoms with Crippen molar-refractivity contribution < 1.29 is 18.6 Å². The lowest BCUT2D eigenvalue weighted by atomic mass is 10.1. The van der Waals surface area contributed by atoms with Crippen LogP contribution in [0.2, 0.25) is 0 Å². The average Bonchev–Trinajstić information content (AvgIpc) is 2.53. The van der Waals surface area contributed by atoms with E-state index in [1.165, 1.54) is 12.1 Å². The van der Waals surface area contributed by atoms with E-state index in [0.717, 1.165) is 0 Å². The Morgan fingerprint density at radius 1 is 1.05 bits per heavy atom. The predicted octanol–water partition coefficient (Wildman–Crippen LogP) is 4.30. The van der Waals surface area contributed by atoms with Crippen molar-refractivity contribution in [1.29, 1.82) is 0 Å². The van der Waals surface area contributed by atoms with Gasteiger partial charge in [-0.3, -0.25) is 0 Å². The van der Waals surface area contributed by atoms with Gasteiger partial charge in [0, 0.05) is 11.1 Å². The summed E-state index contributed by atoms with van der Waals surface area (Å²) in [6.45, 7) is 1.06. The summed E-state index contributed by atoms with van der Waals surface area (Å²) in [5.74, 6) is -2.78. The molecule has 0 saturated heterocycles. The summed E-state index contributed by atoms with van der Waals surface area (Å²) in [6, 6.07) is 14.3. The number of aliphatic hydroxyl groups excluding tert-OH is 1. The summed E-state index contributed by atoms with van der Waals surface area (Å²) in [6.07, 6.45) is -0.221. The summed E-state index contributed by atoms with van der Waals surface area (Å²) >= 11 is 0. The van der Waals surface area contributed by atoms with Crippen LogP contribution in [-0.2, 0) is 5.92 Å². The second-order valence-corrected chi connectivity index (χ2v) is 4.82. The van der Waals surface area contributed by atoms with Crippen molar-refractivity contribution in [2.45, 2.75) is 25.4 Å². The van der Waals surface area contributed by atoms with Gasteiger partial charge in [-0.15, -0.1) is 0 Å². The Labute approximate surface area is 123 Å². The minimum atomic E-state index is -3.08. The second-order valence-electron chi connectivity index (χ2n) is 4.82. The van der Waals surface area contributed by atoms with Crippen LogP contribution in [0.3, 0.4) is 0 Å². The van der Waals surface area contributed by atoms with Crippen LogP contribution in [0.5, 0.6) is 5.75 Å². The minimum absolute atomic E-state index is 0.0847. The third-order valence-electron chi connectivity index (χ3n) is 3.27. The van der Waals surface area contributed by atoms with Crippen molar-refractivity contribution in [3.05, 3.63) is 65.7 Å². The van der Waals surface area contributed by atoms with Gasteiger partial charge < -0.3 is 9.84 Å². The van der Waals surface area contributed by atoms with E-state index in [1.54, 1.807) is 42.5 Å². The molecule has 4 heteroatoms. The first-order valence-corrected chi connectivity index (χ1v) is 6.87. The van der Waals surface area contributed by atoms with Crippen LogP contribution in [0.15, 0.2) is 54.6 Å². The van der Waals surface area contributed by atoms with Crippen molar-refractivity contribution >= 4 is 0 Å². The van der Waals surface area contributed by atoms with E-state index in [0.29, 0.717) is 17.7 Å². The zero-order valence-corrected chi connectivity index (χ0v) is 11.8. The van der Waals surface area contributed by atoms with Crippen LogP contribution in [0, 0.1) is 0 Å². The van der Waals surface area contributed by atoms with Gasteiger partial charge >= 0.3 is 5.92 Å². The van der Waals surface area contributed by atoms with Gasteiger partial charge in [0.25, 0.3) is 0 Å². The van der Waals surface area contributed by atoms with Gasteiger partial charge in [-0.2, -0.15) is 8.78 Å². The number of alkyl halides is 2. The summed E-state index contributed by atoms with van der Waals surface area (Å²) < 4.78 is 33.4. The Balaban J connectivity index is 2.13. The van der Waals surface area contributed by atoms with Gasteiger partial charge in [0.1, 0.15) is 5.75 Å². The molecule has 2 aromatic rings. The molecule has 2 rings (SSSR count). The molecule has 0 heterocycles. The fourth-order valence-electron chi connectivity index (χ4n) is 2.04. The molecule has 0 aliphatic heterocycles. The lowest BCUT2D eigenvalue weighted by Crippen LogP contribution is -2.23. The highest BCUT2D eigenvalue weighted by Crippen LogP contribution is 2.31. The third kappa shape index (κ3) is 3.79. The number of hydrogen-bond acceptors (Lipinski definition) is 2. The van der Waals surface area contributed by atoms with E-state index in [2.05, 4.69) is 0 Å². The van der Waals surface area contributed by atoms with Crippen LogP contribution >= 0.6 is 0 Å². The monoisotopic (exact) mass is 292 g/mol. The van der Waals surface area contributed by atoms with Crippen LogP contribution in [0.4, 0.5) is 8.78 Å². The molecule has 0 bridgehead atoms. The van der Waals surface area contributed by atoms with Crippen molar-refractivity contribution in [3.63, 3.8) is 0 Å². The van der Waals surface area contributed by atoms with Crippen molar-refractivity contribution in [2.75, 3.05) is 6.61 Å².